The first-order valence-electron chi connectivity index (χ1n) is 8.71. The second kappa shape index (κ2) is 8.43. The molecule has 2 aromatic rings. The minimum Gasteiger partial charge on any atom is -0.491 e. The van der Waals surface area contributed by atoms with Gasteiger partial charge in [-0.25, -0.2) is 8.42 Å². The normalized spacial score (nSPS) is 12.5. The molecule has 0 heterocycles. The fourth-order valence-corrected chi connectivity index (χ4v) is 3.91. The van der Waals surface area contributed by atoms with Crippen LogP contribution in [0.5, 0.6) is 5.75 Å². The van der Waals surface area contributed by atoms with Crippen LogP contribution in [0.3, 0.4) is 0 Å². The number of benzene rings is 2. The number of carbonyl (C=O) groups excluding carboxylic acids is 1. The number of hydrogen-bond acceptors (Lipinski definition) is 4. The van der Waals surface area contributed by atoms with Gasteiger partial charge >= 0.3 is 0 Å². The molecule has 0 aliphatic heterocycles. The zero-order valence-corrected chi connectivity index (χ0v) is 17.1. The molecule has 1 amide bonds. The third-order valence-electron chi connectivity index (χ3n) is 3.82. The zero-order chi connectivity index (χ0) is 20.2. The molecular weight excluding hydrogens is 364 g/mol. The molecule has 146 valence electrons. The smallest absolute Gasteiger partial charge is 0.247 e. The summed E-state index contributed by atoms with van der Waals surface area (Å²) in [6, 6.07) is 13.1. The third-order valence-corrected chi connectivity index (χ3v) is 5.06. The molecule has 0 radical (unpaired) electrons. The summed E-state index contributed by atoms with van der Waals surface area (Å²) in [5.41, 5.74) is 1.91. The van der Waals surface area contributed by atoms with Gasteiger partial charge in [-0.2, -0.15) is 0 Å². The van der Waals surface area contributed by atoms with E-state index in [-0.39, 0.29) is 6.10 Å². The summed E-state index contributed by atoms with van der Waals surface area (Å²) < 4.78 is 31.4. The van der Waals surface area contributed by atoms with Gasteiger partial charge in [0.15, 0.2) is 0 Å². The number of ether oxygens (including phenoxy) is 1. The van der Waals surface area contributed by atoms with E-state index in [1.165, 1.54) is 0 Å². The maximum atomic E-state index is 12.7. The van der Waals surface area contributed by atoms with E-state index in [1.807, 2.05) is 26.8 Å². The van der Waals surface area contributed by atoms with E-state index in [2.05, 4.69) is 5.32 Å². The van der Waals surface area contributed by atoms with Crippen LogP contribution in [0.1, 0.15) is 26.3 Å². The van der Waals surface area contributed by atoms with Crippen molar-refractivity contribution in [1.29, 1.82) is 0 Å². The van der Waals surface area contributed by atoms with E-state index in [0.717, 1.165) is 16.1 Å². The number of nitrogens with one attached hydrogen (secondary N) is 1. The van der Waals surface area contributed by atoms with Gasteiger partial charge in [-0.15, -0.1) is 0 Å². The zero-order valence-electron chi connectivity index (χ0n) is 16.3. The van der Waals surface area contributed by atoms with E-state index in [1.54, 1.807) is 49.4 Å². The molecule has 0 aliphatic rings. The second-order valence-electron chi connectivity index (χ2n) is 6.76. The molecule has 0 saturated carbocycles. The highest BCUT2D eigenvalue weighted by atomic mass is 32.2. The fraction of sp³-hybridized carbons (Fsp3) is 0.350. The van der Waals surface area contributed by atoms with Gasteiger partial charge in [0.25, 0.3) is 0 Å². The SMILES string of the molecule is Cc1cccc(N(C(C)C(=O)Nc2cccc(OC(C)C)c2)S(C)(=O)=O)c1. The van der Waals surface area contributed by atoms with Crippen LogP contribution in [0.15, 0.2) is 48.5 Å². The summed E-state index contributed by atoms with van der Waals surface area (Å²) in [6.45, 7) is 7.26. The predicted octanol–water partition coefficient (Wildman–Crippen LogP) is 3.58. The van der Waals surface area contributed by atoms with Gasteiger partial charge in [0.2, 0.25) is 15.9 Å². The summed E-state index contributed by atoms with van der Waals surface area (Å²) in [4.78, 5) is 12.7. The highest BCUT2D eigenvalue weighted by molar-refractivity contribution is 7.92. The van der Waals surface area contributed by atoms with Crippen LogP contribution in [-0.2, 0) is 14.8 Å². The lowest BCUT2D eigenvalue weighted by Gasteiger charge is -2.28. The Morgan fingerprint density at radius 3 is 2.33 bits per heavy atom. The summed E-state index contributed by atoms with van der Waals surface area (Å²) in [5, 5.41) is 2.77. The molecule has 0 bridgehead atoms. The average Bonchev–Trinajstić information content (AvgIpc) is 2.53. The van der Waals surface area contributed by atoms with Crippen molar-refractivity contribution in [2.75, 3.05) is 15.9 Å². The van der Waals surface area contributed by atoms with E-state index in [0.29, 0.717) is 17.1 Å². The molecule has 2 rings (SSSR count). The molecule has 0 aliphatic carbocycles. The number of anilines is 2. The largest absolute Gasteiger partial charge is 0.491 e. The number of hydrogen-bond donors (Lipinski definition) is 1. The van der Waals surface area contributed by atoms with Crippen molar-refractivity contribution in [2.45, 2.75) is 39.8 Å². The molecule has 0 fully saturated rings. The molecule has 1 N–H and O–H groups in total. The highest BCUT2D eigenvalue weighted by Crippen LogP contribution is 2.23. The minimum absolute atomic E-state index is 0.0110. The number of nitrogens with zero attached hydrogens (tertiary/aromatic N) is 1. The van der Waals surface area contributed by atoms with Gasteiger partial charge < -0.3 is 10.1 Å². The van der Waals surface area contributed by atoms with Gasteiger partial charge in [0.1, 0.15) is 11.8 Å². The second-order valence-corrected chi connectivity index (χ2v) is 8.62. The number of amides is 1. The molecule has 6 nitrogen and oxygen atoms in total. The maximum absolute atomic E-state index is 12.7. The summed E-state index contributed by atoms with van der Waals surface area (Å²) in [7, 11) is -3.65. The standard InChI is InChI=1S/C20H26N2O4S/c1-14(2)26-19-11-7-9-17(13-19)21-20(23)16(4)22(27(5,24)25)18-10-6-8-15(3)12-18/h6-14,16H,1-5H3,(H,21,23). The Morgan fingerprint density at radius 2 is 1.74 bits per heavy atom. The number of carbonyl (C=O) groups is 1. The molecule has 2 aromatic carbocycles. The first-order valence-corrected chi connectivity index (χ1v) is 10.6. The molecule has 0 aromatic heterocycles. The van der Waals surface area contributed by atoms with Crippen LogP contribution in [0.4, 0.5) is 11.4 Å². The first-order chi connectivity index (χ1) is 12.6. The van der Waals surface area contributed by atoms with Crippen LogP contribution in [0.2, 0.25) is 0 Å². The predicted molar refractivity (Wildman–Crippen MR) is 109 cm³/mol. The molecule has 0 spiro atoms. The van der Waals surface area contributed by atoms with Crippen LogP contribution in [0.25, 0.3) is 0 Å². The highest BCUT2D eigenvalue weighted by Gasteiger charge is 2.29. The first kappa shape index (κ1) is 20.8. The maximum Gasteiger partial charge on any atom is 0.247 e. The van der Waals surface area contributed by atoms with Crippen molar-refractivity contribution in [1.82, 2.24) is 0 Å². The number of aryl methyl sites for hydroxylation is 1. The van der Waals surface area contributed by atoms with Gasteiger partial charge in [-0.3, -0.25) is 9.10 Å². The van der Waals surface area contributed by atoms with E-state index >= 15 is 0 Å². The van der Waals surface area contributed by atoms with Crippen LogP contribution in [0, 0.1) is 6.92 Å². The van der Waals surface area contributed by atoms with Crippen molar-refractivity contribution < 1.29 is 17.9 Å². The average molecular weight is 391 g/mol. The van der Waals surface area contributed by atoms with Crippen LogP contribution < -0.4 is 14.4 Å². The van der Waals surface area contributed by atoms with Crippen LogP contribution in [-0.4, -0.2) is 32.7 Å². The Kier molecular flexibility index (Phi) is 6.49. The molecule has 1 atom stereocenters. The summed E-state index contributed by atoms with van der Waals surface area (Å²) in [5.74, 6) is 0.206. The lowest BCUT2D eigenvalue weighted by atomic mass is 10.2. The lowest BCUT2D eigenvalue weighted by Crippen LogP contribution is -2.45. The Hall–Kier alpha value is -2.54. The van der Waals surface area contributed by atoms with E-state index in [4.69, 9.17) is 4.74 Å². The number of rotatable bonds is 7. The Morgan fingerprint density at radius 1 is 1.07 bits per heavy atom. The van der Waals surface area contributed by atoms with E-state index < -0.39 is 22.0 Å². The van der Waals surface area contributed by atoms with E-state index in [9.17, 15) is 13.2 Å². The molecular formula is C20H26N2O4S. The van der Waals surface area contributed by atoms with Gasteiger partial charge in [-0.1, -0.05) is 18.2 Å². The van der Waals surface area contributed by atoms with Crippen molar-refractivity contribution >= 4 is 27.3 Å². The van der Waals surface area contributed by atoms with Crippen molar-refractivity contribution in [2.24, 2.45) is 0 Å². The lowest BCUT2D eigenvalue weighted by molar-refractivity contribution is -0.116. The third kappa shape index (κ3) is 5.72. The van der Waals surface area contributed by atoms with Gasteiger partial charge in [0, 0.05) is 11.8 Å². The fourth-order valence-electron chi connectivity index (χ4n) is 2.74. The minimum atomic E-state index is -3.65. The molecule has 27 heavy (non-hydrogen) atoms. The monoisotopic (exact) mass is 390 g/mol. The van der Waals surface area contributed by atoms with Crippen molar-refractivity contribution in [3.63, 3.8) is 0 Å². The van der Waals surface area contributed by atoms with Crippen molar-refractivity contribution in [3.8, 4) is 5.75 Å². The Balaban J connectivity index is 2.25. The summed E-state index contributed by atoms with van der Waals surface area (Å²) in [6.07, 6.45) is 1.10. The summed E-state index contributed by atoms with van der Waals surface area (Å²) >= 11 is 0. The topological polar surface area (TPSA) is 75.7 Å². The Labute approximate surface area is 161 Å². The van der Waals surface area contributed by atoms with Crippen LogP contribution >= 0.6 is 0 Å². The van der Waals surface area contributed by atoms with Gasteiger partial charge in [0.05, 0.1) is 18.0 Å². The molecule has 0 saturated heterocycles. The molecule has 7 heteroatoms. The van der Waals surface area contributed by atoms with Gasteiger partial charge in [-0.05, 0) is 57.5 Å². The number of sulfonamides is 1. The Bertz CT molecular complexity index is 910. The van der Waals surface area contributed by atoms with Crippen molar-refractivity contribution in [3.05, 3.63) is 54.1 Å². The quantitative estimate of drug-likeness (QED) is 0.784. The molecule has 1 unspecified atom stereocenters.